The van der Waals surface area contributed by atoms with E-state index in [1.54, 1.807) is 0 Å². The Morgan fingerprint density at radius 3 is 2.60 bits per heavy atom. The molecular formula is C17H25N2O+. The molecule has 3 nitrogen and oxygen atoms in total. The molecule has 0 aliphatic heterocycles. The Morgan fingerprint density at radius 1 is 1.15 bits per heavy atom. The molecule has 0 saturated carbocycles. The second-order valence-electron chi connectivity index (χ2n) is 5.27. The molecule has 0 spiro atoms. The van der Waals surface area contributed by atoms with Gasteiger partial charge in [0, 0.05) is 0 Å². The predicted octanol–water partition coefficient (Wildman–Crippen LogP) is 3.23. The van der Waals surface area contributed by atoms with Crippen molar-refractivity contribution in [1.29, 1.82) is 0 Å². The summed E-state index contributed by atoms with van der Waals surface area (Å²) in [6.45, 7) is 6.84. The molecule has 0 aliphatic rings. The molecule has 0 aliphatic carbocycles. The third-order valence-electron chi connectivity index (χ3n) is 3.70. The minimum absolute atomic E-state index is 0.637. The highest BCUT2D eigenvalue weighted by Gasteiger charge is 2.07. The van der Waals surface area contributed by atoms with Crippen LogP contribution in [0, 0.1) is 5.92 Å². The summed E-state index contributed by atoms with van der Waals surface area (Å²) in [7, 11) is 0. The first-order chi connectivity index (χ1) is 9.81. The van der Waals surface area contributed by atoms with Gasteiger partial charge in [-0.2, -0.15) is 0 Å². The number of hydrogen-bond donors (Lipinski definition) is 0. The molecule has 0 N–H and O–H groups in total. The van der Waals surface area contributed by atoms with Crippen LogP contribution in [0.15, 0.2) is 49.1 Å². The fraction of sp³-hybridized carbons (Fsp3) is 0.471. The molecule has 0 radical (unpaired) electrons. The molecule has 20 heavy (non-hydrogen) atoms. The highest BCUT2D eigenvalue weighted by molar-refractivity contribution is 5.13. The maximum atomic E-state index is 5.78. The topological polar surface area (TPSA) is 18.0 Å². The summed E-state index contributed by atoms with van der Waals surface area (Å²) in [5, 5.41) is 0. The molecule has 108 valence electrons. The summed E-state index contributed by atoms with van der Waals surface area (Å²) in [5.41, 5.74) is 1.31. The van der Waals surface area contributed by atoms with Gasteiger partial charge in [-0.3, -0.25) is 0 Å². The van der Waals surface area contributed by atoms with Crippen LogP contribution in [-0.4, -0.2) is 11.2 Å². The first-order valence-corrected chi connectivity index (χ1v) is 7.48. The summed E-state index contributed by atoms with van der Waals surface area (Å²) in [5.74, 6) is 0.682. The molecule has 1 heterocycles. The van der Waals surface area contributed by atoms with Gasteiger partial charge in [0.05, 0.1) is 6.61 Å². The molecule has 1 aromatic heterocycles. The summed E-state index contributed by atoms with van der Waals surface area (Å²) in [6, 6.07) is 10.5. The zero-order chi connectivity index (χ0) is 14.2. The lowest BCUT2D eigenvalue weighted by molar-refractivity contribution is -0.688. The van der Waals surface area contributed by atoms with E-state index in [9.17, 15) is 0 Å². The molecule has 0 saturated heterocycles. The number of nitrogens with zero attached hydrogens (tertiary/aromatic N) is 2. The zero-order valence-corrected chi connectivity index (χ0v) is 12.5. The van der Waals surface area contributed by atoms with Crippen LogP contribution < -0.4 is 4.57 Å². The Kier molecular flexibility index (Phi) is 5.81. The molecule has 0 amide bonds. The lowest BCUT2D eigenvalue weighted by atomic mass is 10.1. The van der Waals surface area contributed by atoms with Crippen molar-refractivity contribution in [2.45, 2.75) is 40.0 Å². The lowest BCUT2D eigenvalue weighted by Gasteiger charge is -2.10. The van der Waals surface area contributed by atoms with Crippen molar-refractivity contribution in [3.8, 4) is 0 Å². The van der Waals surface area contributed by atoms with Gasteiger partial charge in [-0.15, -0.1) is 0 Å². The fourth-order valence-electron chi connectivity index (χ4n) is 2.25. The van der Waals surface area contributed by atoms with Gasteiger partial charge in [0.2, 0.25) is 6.33 Å². The Labute approximate surface area is 121 Å². The van der Waals surface area contributed by atoms with E-state index in [1.165, 1.54) is 18.4 Å². The molecular weight excluding hydrogens is 248 g/mol. The van der Waals surface area contributed by atoms with Crippen molar-refractivity contribution in [3.05, 3.63) is 54.6 Å². The predicted molar refractivity (Wildman–Crippen MR) is 80.2 cm³/mol. The van der Waals surface area contributed by atoms with Gasteiger partial charge in [0.15, 0.2) is 6.73 Å². The summed E-state index contributed by atoms with van der Waals surface area (Å²) < 4.78 is 10.0. The molecule has 0 fully saturated rings. The number of hydrogen-bond acceptors (Lipinski definition) is 1. The van der Waals surface area contributed by atoms with Crippen LogP contribution in [0.3, 0.4) is 0 Å². The quantitative estimate of drug-likeness (QED) is 0.675. The largest absolute Gasteiger partial charge is 0.341 e. The Bertz CT molecular complexity index is 489. The highest BCUT2D eigenvalue weighted by atomic mass is 16.5. The van der Waals surface area contributed by atoms with Gasteiger partial charge in [0.1, 0.15) is 18.9 Å². The molecule has 0 unspecified atom stereocenters. The van der Waals surface area contributed by atoms with Crippen molar-refractivity contribution in [2.75, 3.05) is 6.61 Å². The van der Waals surface area contributed by atoms with E-state index in [0.717, 1.165) is 13.2 Å². The van der Waals surface area contributed by atoms with Gasteiger partial charge < -0.3 is 4.74 Å². The third-order valence-corrected chi connectivity index (χ3v) is 3.70. The number of rotatable bonds is 8. The van der Waals surface area contributed by atoms with Gasteiger partial charge in [0.25, 0.3) is 0 Å². The average molecular weight is 273 g/mol. The highest BCUT2D eigenvalue weighted by Crippen LogP contribution is 2.07. The van der Waals surface area contributed by atoms with E-state index in [2.05, 4.69) is 66.0 Å². The molecule has 0 atom stereocenters. The van der Waals surface area contributed by atoms with Crippen LogP contribution >= 0.6 is 0 Å². The van der Waals surface area contributed by atoms with Gasteiger partial charge >= 0.3 is 0 Å². The first kappa shape index (κ1) is 14.8. The monoisotopic (exact) mass is 273 g/mol. The smallest absolute Gasteiger partial charge is 0.245 e. The van der Waals surface area contributed by atoms with E-state index in [1.807, 2.05) is 6.07 Å². The maximum absolute atomic E-state index is 5.78. The second-order valence-corrected chi connectivity index (χ2v) is 5.27. The fourth-order valence-corrected chi connectivity index (χ4v) is 2.25. The normalized spacial score (nSPS) is 11.2. The van der Waals surface area contributed by atoms with Crippen LogP contribution in [0.2, 0.25) is 0 Å². The molecule has 2 rings (SSSR count). The average Bonchev–Trinajstić information content (AvgIpc) is 2.92. The van der Waals surface area contributed by atoms with E-state index >= 15 is 0 Å². The summed E-state index contributed by atoms with van der Waals surface area (Å²) in [4.78, 5) is 0. The van der Waals surface area contributed by atoms with Crippen molar-refractivity contribution in [3.63, 3.8) is 0 Å². The van der Waals surface area contributed by atoms with E-state index in [4.69, 9.17) is 4.74 Å². The van der Waals surface area contributed by atoms with Crippen molar-refractivity contribution in [2.24, 2.45) is 5.92 Å². The summed E-state index contributed by atoms with van der Waals surface area (Å²) in [6.07, 6.45) is 8.63. The van der Waals surface area contributed by atoms with Crippen molar-refractivity contribution in [1.82, 2.24) is 4.57 Å². The van der Waals surface area contributed by atoms with Crippen LogP contribution in [0.25, 0.3) is 0 Å². The minimum atomic E-state index is 0.637. The second kappa shape index (κ2) is 7.85. The minimum Gasteiger partial charge on any atom is -0.341 e. The van der Waals surface area contributed by atoms with Gasteiger partial charge in [-0.1, -0.05) is 57.0 Å². The SMILES string of the molecule is CCC(CC)COCn1cc[n+](Cc2ccccc2)c1. The maximum Gasteiger partial charge on any atom is 0.245 e. The van der Waals surface area contributed by atoms with E-state index in [-0.39, 0.29) is 0 Å². The number of benzene rings is 1. The van der Waals surface area contributed by atoms with Crippen molar-refractivity contribution < 1.29 is 9.30 Å². The Morgan fingerprint density at radius 2 is 1.90 bits per heavy atom. The molecule has 0 bridgehead atoms. The van der Waals surface area contributed by atoms with Crippen LogP contribution in [0.1, 0.15) is 32.3 Å². The van der Waals surface area contributed by atoms with Crippen LogP contribution in [0.4, 0.5) is 0 Å². The molecule has 2 aromatic rings. The van der Waals surface area contributed by atoms with E-state index < -0.39 is 0 Å². The van der Waals surface area contributed by atoms with Crippen LogP contribution in [-0.2, 0) is 18.0 Å². The third kappa shape index (κ3) is 4.49. The van der Waals surface area contributed by atoms with Crippen molar-refractivity contribution >= 4 is 0 Å². The number of aromatic nitrogens is 2. The zero-order valence-electron chi connectivity index (χ0n) is 12.5. The van der Waals surface area contributed by atoms with Gasteiger partial charge in [-0.05, 0) is 11.5 Å². The van der Waals surface area contributed by atoms with E-state index in [0.29, 0.717) is 12.6 Å². The lowest BCUT2D eigenvalue weighted by Crippen LogP contribution is -2.31. The van der Waals surface area contributed by atoms with Crippen LogP contribution in [0.5, 0.6) is 0 Å². The standard InChI is InChI=1S/C17H25N2O/c1-3-16(4-2)13-20-15-19-11-10-18(14-19)12-17-8-6-5-7-9-17/h5-11,14,16H,3-4,12-13,15H2,1-2H3/q+1. The number of ether oxygens (including phenoxy) is 1. The molecule has 1 aromatic carbocycles. The summed E-state index contributed by atoms with van der Waals surface area (Å²) >= 11 is 0. The van der Waals surface area contributed by atoms with Gasteiger partial charge in [-0.25, -0.2) is 9.13 Å². The first-order valence-electron chi connectivity index (χ1n) is 7.48. The Balaban J connectivity index is 1.80. The number of imidazole rings is 1. The Hall–Kier alpha value is -1.61. The molecule has 3 heteroatoms.